The van der Waals surface area contributed by atoms with E-state index < -0.39 is 0 Å². The van der Waals surface area contributed by atoms with Crippen molar-refractivity contribution in [3.05, 3.63) is 0 Å². The Labute approximate surface area is 132 Å². The number of nitrogens with two attached hydrogens (primary N) is 2. The monoisotopic (exact) mass is 294 g/mol. The maximum absolute atomic E-state index is 6.32. The second-order valence-electron chi connectivity index (χ2n) is 8.51. The predicted molar refractivity (Wildman–Crippen MR) is 92.0 cm³/mol. The van der Waals surface area contributed by atoms with Crippen LogP contribution in [0.2, 0.25) is 0 Å². The molecule has 0 aromatic rings. The van der Waals surface area contributed by atoms with Crippen LogP contribution in [0.5, 0.6) is 0 Å². The van der Waals surface area contributed by atoms with Gasteiger partial charge < -0.3 is 11.5 Å². The largest absolute Gasteiger partial charge is 0.327 e. The maximum Gasteiger partial charge on any atom is 0.00672 e. The summed E-state index contributed by atoms with van der Waals surface area (Å²) < 4.78 is 0. The highest BCUT2D eigenvalue weighted by Gasteiger charge is 2.43. The summed E-state index contributed by atoms with van der Waals surface area (Å²) in [4.78, 5) is 0. The van der Waals surface area contributed by atoms with E-state index in [1.165, 1.54) is 51.4 Å². The van der Waals surface area contributed by atoms with E-state index >= 15 is 0 Å². The van der Waals surface area contributed by atoms with Gasteiger partial charge in [-0.2, -0.15) is 0 Å². The Balaban J connectivity index is 2.03. The highest BCUT2D eigenvalue weighted by Crippen LogP contribution is 2.50. The van der Waals surface area contributed by atoms with Crippen LogP contribution in [0.15, 0.2) is 0 Å². The lowest BCUT2D eigenvalue weighted by atomic mass is 9.57. The van der Waals surface area contributed by atoms with Gasteiger partial charge in [-0.3, -0.25) is 0 Å². The molecule has 0 spiro atoms. The van der Waals surface area contributed by atoms with Crippen molar-refractivity contribution in [2.45, 2.75) is 91.1 Å². The number of hydrogen-bond donors (Lipinski definition) is 2. The van der Waals surface area contributed by atoms with Crippen LogP contribution in [0, 0.1) is 29.1 Å². The molecule has 0 aliphatic heterocycles. The Kier molecular flexibility index (Phi) is 5.76. The van der Waals surface area contributed by atoms with Gasteiger partial charge in [0.05, 0.1) is 0 Å². The van der Waals surface area contributed by atoms with Gasteiger partial charge in [0.25, 0.3) is 0 Å². The number of rotatable bonds is 4. The molecule has 0 bridgehead atoms. The molecule has 6 unspecified atom stereocenters. The average molecular weight is 295 g/mol. The topological polar surface area (TPSA) is 52.0 Å². The van der Waals surface area contributed by atoms with Gasteiger partial charge in [-0.15, -0.1) is 0 Å². The molecule has 0 amide bonds. The van der Waals surface area contributed by atoms with Gasteiger partial charge in [-0.1, -0.05) is 40.5 Å². The van der Waals surface area contributed by atoms with E-state index in [1.54, 1.807) is 0 Å². The van der Waals surface area contributed by atoms with E-state index in [1.807, 2.05) is 0 Å². The first-order chi connectivity index (χ1) is 9.90. The van der Waals surface area contributed by atoms with Crippen LogP contribution >= 0.6 is 0 Å². The van der Waals surface area contributed by atoms with E-state index in [2.05, 4.69) is 27.7 Å². The fourth-order valence-corrected chi connectivity index (χ4v) is 5.20. The molecular weight excluding hydrogens is 256 g/mol. The Bertz CT molecular complexity index is 296. The van der Waals surface area contributed by atoms with Crippen molar-refractivity contribution in [2.75, 3.05) is 0 Å². The van der Waals surface area contributed by atoms with Crippen LogP contribution in [0.1, 0.15) is 79.1 Å². The van der Waals surface area contributed by atoms with Crippen molar-refractivity contribution in [2.24, 2.45) is 40.6 Å². The van der Waals surface area contributed by atoms with E-state index in [9.17, 15) is 0 Å². The average Bonchev–Trinajstić information content (AvgIpc) is 2.47. The van der Waals surface area contributed by atoms with Gasteiger partial charge in [0.1, 0.15) is 0 Å². The Morgan fingerprint density at radius 3 is 1.48 bits per heavy atom. The summed E-state index contributed by atoms with van der Waals surface area (Å²) in [6.07, 6.45) is 10.3. The zero-order valence-corrected chi connectivity index (χ0v) is 14.8. The lowest BCUT2D eigenvalue weighted by molar-refractivity contribution is 0.0199. The van der Waals surface area contributed by atoms with Gasteiger partial charge in [-0.05, 0) is 67.6 Å². The Hall–Kier alpha value is -0.0800. The van der Waals surface area contributed by atoms with E-state index in [-0.39, 0.29) is 0 Å². The van der Waals surface area contributed by atoms with Crippen LogP contribution in [0.4, 0.5) is 0 Å². The Morgan fingerprint density at radius 1 is 0.762 bits per heavy atom. The zero-order chi connectivity index (χ0) is 15.6. The third kappa shape index (κ3) is 3.64. The van der Waals surface area contributed by atoms with Crippen LogP contribution in [-0.2, 0) is 0 Å². The summed E-state index contributed by atoms with van der Waals surface area (Å²) >= 11 is 0. The van der Waals surface area contributed by atoms with Crippen molar-refractivity contribution in [1.82, 2.24) is 0 Å². The molecule has 2 aliphatic rings. The minimum absolute atomic E-state index is 0.449. The smallest absolute Gasteiger partial charge is 0.00672 e. The quantitative estimate of drug-likeness (QED) is 0.811. The summed E-state index contributed by atoms with van der Waals surface area (Å²) in [7, 11) is 0. The first kappa shape index (κ1) is 17.3. The molecule has 0 aromatic heterocycles. The molecule has 0 saturated heterocycles. The molecule has 2 nitrogen and oxygen atoms in total. The molecule has 2 heteroatoms. The Morgan fingerprint density at radius 2 is 1.14 bits per heavy atom. The fraction of sp³-hybridized carbons (Fsp3) is 1.00. The second-order valence-corrected chi connectivity index (χ2v) is 8.51. The van der Waals surface area contributed by atoms with Gasteiger partial charge in [-0.25, -0.2) is 0 Å². The molecule has 0 radical (unpaired) electrons. The summed E-state index contributed by atoms with van der Waals surface area (Å²) in [6, 6.07) is 0.899. The molecule has 2 saturated carbocycles. The van der Waals surface area contributed by atoms with Crippen molar-refractivity contribution < 1.29 is 0 Å². The summed E-state index contributed by atoms with van der Waals surface area (Å²) in [6.45, 7) is 9.70. The highest BCUT2D eigenvalue weighted by atomic mass is 14.7. The third-order valence-electron chi connectivity index (χ3n) is 7.24. The molecule has 2 aliphatic carbocycles. The van der Waals surface area contributed by atoms with Crippen LogP contribution in [0.3, 0.4) is 0 Å². The highest BCUT2D eigenvalue weighted by molar-refractivity contribution is 4.95. The molecular formula is C19H38N2. The van der Waals surface area contributed by atoms with Crippen LogP contribution in [0.25, 0.3) is 0 Å². The number of hydrogen-bond acceptors (Lipinski definition) is 2. The lowest BCUT2D eigenvalue weighted by Crippen LogP contribution is -2.46. The van der Waals surface area contributed by atoms with E-state index in [0.717, 1.165) is 23.7 Å². The van der Waals surface area contributed by atoms with Crippen LogP contribution < -0.4 is 11.5 Å². The maximum atomic E-state index is 6.32. The summed E-state index contributed by atoms with van der Waals surface area (Å²) in [5, 5.41) is 0. The fourth-order valence-electron chi connectivity index (χ4n) is 5.20. The summed E-state index contributed by atoms with van der Waals surface area (Å²) in [5.41, 5.74) is 13.1. The van der Waals surface area contributed by atoms with Gasteiger partial charge in [0, 0.05) is 12.1 Å². The lowest BCUT2D eigenvalue weighted by Gasteiger charge is -2.49. The van der Waals surface area contributed by atoms with Gasteiger partial charge >= 0.3 is 0 Å². The standard InChI is InChI=1S/C19H38N2/c1-5-13-11-15(7-9-17(13)20)19(3,4)16-8-10-18(21)14(6-2)12-16/h13-18H,5-12,20-21H2,1-4H3. The van der Waals surface area contributed by atoms with E-state index in [0.29, 0.717) is 17.5 Å². The normalized spacial score (nSPS) is 42.0. The molecule has 0 heterocycles. The minimum atomic E-state index is 0.449. The molecule has 0 aromatic carbocycles. The van der Waals surface area contributed by atoms with Gasteiger partial charge in [0.2, 0.25) is 0 Å². The first-order valence-electron chi connectivity index (χ1n) is 9.41. The molecule has 6 atom stereocenters. The molecule has 2 rings (SSSR count). The van der Waals surface area contributed by atoms with Gasteiger partial charge in [0.15, 0.2) is 0 Å². The second kappa shape index (κ2) is 7.00. The molecule has 124 valence electrons. The van der Waals surface area contributed by atoms with Crippen molar-refractivity contribution in [1.29, 1.82) is 0 Å². The summed E-state index contributed by atoms with van der Waals surface area (Å²) in [5.74, 6) is 3.21. The molecule has 2 fully saturated rings. The zero-order valence-electron chi connectivity index (χ0n) is 14.8. The predicted octanol–water partition coefficient (Wildman–Crippen LogP) is 4.32. The van der Waals surface area contributed by atoms with Crippen LogP contribution in [-0.4, -0.2) is 12.1 Å². The van der Waals surface area contributed by atoms with Crippen molar-refractivity contribution in [3.63, 3.8) is 0 Å². The van der Waals surface area contributed by atoms with Crippen molar-refractivity contribution >= 4 is 0 Å². The SMILES string of the molecule is CCC1CC(C(C)(C)C2CCC(N)C(CC)C2)CCC1N. The van der Waals surface area contributed by atoms with E-state index in [4.69, 9.17) is 11.5 Å². The third-order valence-corrected chi connectivity index (χ3v) is 7.24. The molecule has 4 N–H and O–H groups in total. The van der Waals surface area contributed by atoms with Crippen molar-refractivity contribution in [3.8, 4) is 0 Å². The minimum Gasteiger partial charge on any atom is -0.327 e. The first-order valence-corrected chi connectivity index (χ1v) is 9.41. The molecule has 21 heavy (non-hydrogen) atoms.